The number of Topliss-reactive ketones (excluding diaryl/α,β-unsaturated/α-hetero) is 1. The number of carbonyl (C=O) groups excluding carboxylic acids is 1. The van der Waals surface area contributed by atoms with Crippen LogP contribution in [0.2, 0.25) is 0 Å². The van der Waals surface area contributed by atoms with E-state index in [1.807, 2.05) is 13.8 Å². The average Bonchev–Trinajstić information content (AvgIpc) is 2.18. The molecular formula is C13H26N4O. The summed E-state index contributed by atoms with van der Waals surface area (Å²) in [5, 5.41) is 13.4. The molecule has 0 radical (unpaired) electrons. The third kappa shape index (κ3) is 3.45. The van der Waals surface area contributed by atoms with Gasteiger partial charge in [-0.1, -0.05) is 13.8 Å². The topological polar surface area (TPSA) is 91.0 Å². The summed E-state index contributed by atoms with van der Waals surface area (Å²) in [4.78, 5) is 12.3. The molecule has 1 rings (SSSR count). The van der Waals surface area contributed by atoms with E-state index in [1.165, 1.54) is 0 Å². The van der Waals surface area contributed by atoms with Gasteiger partial charge in [-0.2, -0.15) is 0 Å². The van der Waals surface area contributed by atoms with E-state index >= 15 is 0 Å². The van der Waals surface area contributed by atoms with E-state index < -0.39 is 0 Å². The van der Waals surface area contributed by atoms with Crippen molar-refractivity contribution in [3.63, 3.8) is 0 Å². The summed E-state index contributed by atoms with van der Waals surface area (Å²) in [6.07, 6.45) is 1.67. The Balaban J connectivity index is 2.58. The Morgan fingerprint density at radius 3 is 2.33 bits per heavy atom. The minimum atomic E-state index is -0.356. The van der Waals surface area contributed by atoms with Gasteiger partial charge in [0.05, 0.1) is 5.54 Å². The van der Waals surface area contributed by atoms with Crippen molar-refractivity contribution < 1.29 is 4.79 Å². The summed E-state index contributed by atoms with van der Waals surface area (Å²) in [6.45, 7) is 8.72. The number of hydrogen-bond donors (Lipinski definition) is 4. The first-order valence-corrected chi connectivity index (χ1v) is 6.66. The molecule has 0 aliphatic heterocycles. The first-order chi connectivity index (χ1) is 8.27. The molecule has 104 valence electrons. The van der Waals surface area contributed by atoms with Gasteiger partial charge in [0.15, 0.2) is 11.7 Å². The van der Waals surface area contributed by atoms with E-state index in [9.17, 15) is 4.79 Å². The molecule has 0 aromatic heterocycles. The lowest BCUT2D eigenvalue weighted by Crippen LogP contribution is -2.65. The molecule has 0 bridgehead atoms. The summed E-state index contributed by atoms with van der Waals surface area (Å²) in [5.74, 6) is 0.774. The Morgan fingerprint density at radius 1 is 1.39 bits per heavy atom. The van der Waals surface area contributed by atoms with Crippen molar-refractivity contribution >= 4 is 11.7 Å². The van der Waals surface area contributed by atoms with E-state index in [2.05, 4.69) is 24.5 Å². The molecule has 18 heavy (non-hydrogen) atoms. The highest BCUT2D eigenvalue weighted by Crippen LogP contribution is 2.40. The smallest absolute Gasteiger partial charge is 0.185 e. The van der Waals surface area contributed by atoms with E-state index in [1.54, 1.807) is 0 Å². The second kappa shape index (κ2) is 5.69. The van der Waals surface area contributed by atoms with Gasteiger partial charge in [0.25, 0.3) is 0 Å². The largest absolute Gasteiger partial charge is 0.370 e. The Labute approximate surface area is 109 Å². The van der Waals surface area contributed by atoms with E-state index in [0.29, 0.717) is 24.3 Å². The number of carbonyl (C=O) groups is 1. The molecule has 1 fully saturated rings. The molecule has 0 aromatic rings. The van der Waals surface area contributed by atoms with Crippen LogP contribution in [-0.2, 0) is 4.79 Å². The predicted molar refractivity (Wildman–Crippen MR) is 73.5 cm³/mol. The number of hydrogen-bond acceptors (Lipinski definition) is 3. The molecular weight excluding hydrogens is 228 g/mol. The number of ketones is 1. The Bertz CT molecular complexity index is 319. The maximum absolute atomic E-state index is 12.3. The van der Waals surface area contributed by atoms with Crippen LogP contribution in [0.5, 0.6) is 0 Å². The number of rotatable bonds is 6. The molecule has 1 aliphatic carbocycles. The van der Waals surface area contributed by atoms with Crippen LogP contribution in [0.1, 0.15) is 40.5 Å². The molecule has 0 spiro atoms. The van der Waals surface area contributed by atoms with Gasteiger partial charge >= 0.3 is 0 Å². The van der Waals surface area contributed by atoms with Crippen molar-refractivity contribution in [3.05, 3.63) is 0 Å². The van der Waals surface area contributed by atoms with Gasteiger partial charge in [-0.05, 0) is 32.6 Å². The van der Waals surface area contributed by atoms with Crippen LogP contribution in [-0.4, -0.2) is 29.9 Å². The second-order valence-corrected chi connectivity index (χ2v) is 5.97. The normalized spacial score (nSPS) is 27.1. The van der Waals surface area contributed by atoms with Gasteiger partial charge in [0.2, 0.25) is 0 Å². The van der Waals surface area contributed by atoms with Crippen LogP contribution < -0.4 is 16.4 Å². The fraction of sp³-hybridized carbons (Fsp3) is 0.846. The molecule has 0 atom stereocenters. The van der Waals surface area contributed by atoms with E-state index in [4.69, 9.17) is 11.1 Å². The molecule has 0 heterocycles. The molecule has 0 aromatic carbocycles. The van der Waals surface area contributed by atoms with Crippen LogP contribution >= 0.6 is 0 Å². The molecule has 1 aliphatic rings. The zero-order valence-corrected chi connectivity index (χ0v) is 11.8. The maximum Gasteiger partial charge on any atom is 0.185 e. The average molecular weight is 254 g/mol. The summed E-state index contributed by atoms with van der Waals surface area (Å²) in [6, 6.07) is 0.300. The number of nitrogens with two attached hydrogens (primary N) is 1. The summed E-state index contributed by atoms with van der Waals surface area (Å²) in [5.41, 5.74) is 4.91. The second-order valence-electron chi connectivity index (χ2n) is 5.97. The first-order valence-electron chi connectivity index (χ1n) is 6.66. The lowest BCUT2D eigenvalue weighted by Gasteiger charge is -2.49. The van der Waals surface area contributed by atoms with Gasteiger partial charge in [0, 0.05) is 18.5 Å². The molecule has 0 unspecified atom stereocenters. The van der Waals surface area contributed by atoms with Crippen molar-refractivity contribution in [1.82, 2.24) is 10.6 Å². The molecule has 1 saturated carbocycles. The predicted octanol–water partition coefficient (Wildman–Crippen LogP) is 0.841. The van der Waals surface area contributed by atoms with Crippen molar-refractivity contribution in [3.8, 4) is 0 Å². The minimum Gasteiger partial charge on any atom is -0.370 e. The van der Waals surface area contributed by atoms with Gasteiger partial charge in [-0.3, -0.25) is 10.2 Å². The van der Waals surface area contributed by atoms with Crippen molar-refractivity contribution in [2.45, 2.75) is 52.1 Å². The fourth-order valence-corrected chi connectivity index (χ4v) is 2.82. The van der Waals surface area contributed by atoms with Gasteiger partial charge in [0.1, 0.15) is 0 Å². The van der Waals surface area contributed by atoms with E-state index in [-0.39, 0.29) is 17.4 Å². The van der Waals surface area contributed by atoms with Crippen LogP contribution in [0, 0.1) is 17.2 Å². The summed E-state index contributed by atoms with van der Waals surface area (Å²) in [7, 11) is 0. The highest BCUT2D eigenvalue weighted by Gasteiger charge is 2.50. The molecule has 5 N–H and O–H groups in total. The zero-order valence-electron chi connectivity index (χ0n) is 11.8. The Kier molecular flexibility index (Phi) is 4.73. The van der Waals surface area contributed by atoms with Crippen molar-refractivity contribution in [2.24, 2.45) is 17.6 Å². The lowest BCUT2D eigenvalue weighted by atomic mass is 9.63. The quantitative estimate of drug-likeness (QED) is 0.417. The van der Waals surface area contributed by atoms with E-state index in [0.717, 1.165) is 12.8 Å². The maximum atomic E-state index is 12.3. The van der Waals surface area contributed by atoms with Gasteiger partial charge in [-0.15, -0.1) is 0 Å². The highest BCUT2D eigenvalue weighted by atomic mass is 16.1. The Morgan fingerprint density at radius 2 is 1.94 bits per heavy atom. The van der Waals surface area contributed by atoms with Crippen LogP contribution in [0.25, 0.3) is 0 Å². The van der Waals surface area contributed by atoms with Crippen molar-refractivity contribution in [1.29, 1.82) is 5.41 Å². The third-order valence-corrected chi connectivity index (χ3v) is 3.42. The van der Waals surface area contributed by atoms with Crippen LogP contribution in [0.15, 0.2) is 0 Å². The monoisotopic (exact) mass is 254 g/mol. The molecule has 5 heteroatoms. The van der Waals surface area contributed by atoms with Crippen molar-refractivity contribution in [2.75, 3.05) is 6.54 Å². The number of nitrogens with one attached hydrogen (secondary N) is 3. The Hall–Kier alpha value is -1.10. The fourth-order valence-electron chi connectivity index (χ4n) is 2.82. The zero-order chi connectivity index (χ0) is 13.9. The molecule has 5 nitrogen and oxygen atoms in total. The molecule has 0 amide bonds. The first kappa shape index (κ1) is 15.0. The SMILES string of the molecule is CC(C)NC1(C(=O)C(C)C)CC(CNC(=N)N)C1. The van der Waals surface area contributed by atoms with Crippen LogP contribution in [0.3, 0.4) is 0 Å². The summed E-state index contributed by atoms with van der Waals surface area (Å²) < 4.78 is 0. The van der Waals surface area contributed by atoms with Gasteiger partial charge < -0.3 is 16.4 Å². The summed E-state index contributed by atoms with van der Waals surface area (Å²) >= 11 is 0. The van der Waals surface area contributed by atoms with Gasteiger partial charge in [-0.25, -0.2) is 0 Å². The highest BCUT2D eigenvalue weighted by molar-refractivity contribution is 5.91. The number of guanidine groups is 1. The van der Waals surface area contributed by atoms with Crippen LogP contribution in [0.4, 0.5) is 0 Å². The standard InChI is InChI=1S/C13H26N4O/c1-8(2)11(18)13(17-9(3)4)5-10(6-13)7-16-12(14)15/h8-10,17H,5-7H2,1-4H3,(H4,14,15,16). The minimum absolute atomic E-state index is 0.000458. The molecule has 0 saturated heterocycles. The third-order valence-electron chi connectivity index (χ3n) is 3.42. The lowest BCUT2D eigenvalue weighted by molar-refractivity contribution is -0.134.